The lowest BCUT2D eigenvalue weighted by molar-refractivity contribution is 0.0951. The number of para-hydroxylation sites is 1. The second-order valence-electron chi connectivity index (χ2n) is 8.06. The van der Waals surface area contributed by atoms with Gasteiger partial charge in [0.25, 0.3) is 5.91 Å². The average molecular weight is 453 g/mol. The van der Waals surface area contributed by atoms with Gasteiger partial charge in [0.1, 0.15) is 11.6 Å². The van der Waals surface area contributed by atoms with Crippen molar-refractivity contribution in [3.05, 3.63) is 125 Å². The summed E-state index contributed by atoms with van der Waals surface area (Å²) >= 11 is 0. The molecule has 1 aliphatic rings. The first-order chi connectivity index (χ1) is 16.5. The van der Waals surface area contributed by atoms with Crippen LogP contribution in [0.4, 0.5) is 25.8 Å². The van der Waals surface area contributed by atoms with E-state index in [0.29, 0.717) is 17.0 Å². The van der Waals surface area contributed by atoms with Crippen LogP contribution in [0.3, 0.4) is 0 Å². The summed E-state index contributed by atoms with van der Waals surface area (Å²) in [5.74, 6) is -0.889. The standard InChI is InChI=1S/C28H21F2N3O/c1-33-25-5-3-2-4-23(25)27(19-8-13-22(30)14-9-19)32-24-16-20(10-15-26(24)33)28(34)31-17-18-6-11-21(29)12-7-18/h2-16H,17H2,1H3,(H,31,34). The maximum Gasteiger partial charge on any atom is 0.251 e. The Hall–Kier alpha value is -4.32. The summed E-state index contributed by atoms with van der Waals surface area (Å²) < 4.78 is 26.7. The first-order valence-corrected chi connectivity index (χ1v) is 10.8. The molecule has 1 aliphatic heterocycles. The molecular formula is C28H21F2N3O. The number of anilines is 2. The average Bonchev–Trinajstić information content (AvgIpc) is 2.98. The van der Waals surface area contributed by atoms with Gasteiger partial charge in [0.2, 0.25) is 0 Å². The molecule has 0 fully saturated rings. The number of aliphatic imine (C=N–C) groups is 1. The van der Waals surface area contributed by atoms with E-state index in [4.69, 9.17) is 4.99 Å². The highest BCUT2D eigenvalue weighted by atomic mass is 19.1. The summed E-state index contributed by atoms with van der Waals surface area (Å²) in [6.45, 7) is 0.283. The molecule has 168 valence electrons. The highest BCUT2D eigenvalue weighted by molar-refractivity contribution is 6.18. The first-order valence-electron chi connectivity index (χ1n) is 10.8. The smallest absolute Gasteiger partial charge is 0.251 e. The molecule has 4 aromatic rings. The predicted molar refractivity (Wildman–Crippen MR) is 130 cm³/mol. The van der Waals surface area contributed by atoms with Crippen LogP contribution in [-0.4, -0.2) is 18.7 Å². The van der Waals surface area contributed by atoms with Gasteiger partial charge in [0.05, 0.1) is 22.8 Å². The molecule has 0 saturated carbocycles. The van der Waals surface area contributed by atoms with Crippen LogP contribution in [0.5, 0.6) is 0 Å². The summed E-state index contributed by atoms with van der Waals surface area (Å²) in [7, 11) is 1.95. The number of carbonyl (C=O) groups is 1. The van der Waals surface area contributed by atoms with E-state index < -0.39 is 0 Å². The van der Waals surface area contributed by atoms with Crippen molar-refractivity contribution in [3.63, 3.8) is 0 Å². The van der Waals surface area contributed by atoms with Gasteiger partial charge in [-0.1, -0.05) is 30.3 Å². The van der Waals surface area contributed by atoms with E-state index in [0.717, 1.165) is 28.1 Å². The number of carbonyl (C=O) groups excluding carboxylic acids is 1. The van der Waals surface area contributed by atoms with Crippen LogP contribution in [0.2, 0.25) is 0 Å². The molecule has 0 unspecified atom stereocenters. The van der Waals surface area contributed by atoms with Crippen molar-refractivity contribution in [1.29, 1.82) is 0 Å². The molecule has 1 amide bonds. The zero-order valence-electron chi connectivity index (χ0n) is 18.4. The Kier molecular flexibility index (Phi) is 5.64. The van der Waals surface area contributed by atoms with Crippen LogP contribution in [-0.2, 0) is 6.54 Å². The van der Waals surface area contributed by atoms with Gasteiger partial charge in [-0.25, -0.2) is 13.8 Å². The van der Waals surface area contributed by atoms with Crippen LogP contribution in [0.15, 0.2) is 96.0 Å². The molecule has 6 heteroatoms. The summed E-state index contributed by atoms with van der Waals surface area (Å²) in [5, 5.41) is 2.87. The molecular weight excluding hydrogens is 432 g/mol. The highest BCUT2D eigenvalue weighted by Gasteiger charge is 2.22. The highest BCUT2D eigenvalue weighted by Crippen LogP contribution is 2.40. The molecule has 34 heavy (non-hydrogen) atoms. The fourth-order valence-corrected chi connectivity index (χ4v) is 4.03. The number of nitrogens with one attached hydrogen (secondary N) is 1. The van der Waals surface area contributed by atoms with E-state index in [9.17, 15) is 13.6 Å². The second-order valence-corrected chi connectivity index (χ2v) is 8.06. The topological polar surface area (TPSA) is 44.7 Å². The Bertz CT molecular complexity index is 1400. The molecule has 0 aliphatic carbocycles. The van der Waals surface area contributed by atoms with Crippen molar-refractivity contribution in [2.75, 3.05) is 11.9 Å². The molecule has 1 N–H and O–H groups in total. The number of hydrogen-bond acceptors (Lipinski definition) is 3. The Morgan fingerprint density at radius 1 is 0.853 bits per heavy atom. The summed E-state index contributed by atoms with van der Waals surface area (Å²) in [6.07, 6.45) is 0. The van der Waals surface area contributed by atoms with Crippen molar-refractivity contribution in [3.8, 4) is 0 Å². The molecule has 0 saturated heterocycles. The van der Waals surface area contributed by atoms with E-state index in [-0.39, 0.29) is 24.1 Å². The van der Waals surface area contributed by atoms with Crippen LogP contribution < -0.4 is 10.2 Å². The van der Waals surface area contributed by atoms with Gasteiger partial charge in [-0.2, -0.15) is 0 Å². The maximum absolute atomic E-state index is 13.6. The van der Waals surface area contributed by atoms with Crippen molar-refractivity contribution in [1.82, 2.24) is 5.32 Å². The fourth-order valence-electron chi connectivity index (χ4n) is 4.03. The lowest BCUT2D eigenvalue weighted by Gasteiger charge is -2.21. The van der Waals surface area contributed by atoms with E-state index >= 15 is 0 Å². The minimum absolute atomic E-state index is 0.255. The lowest BCUT2D eigenvalue weighted by Crippen LogP contribution is -2.22. The first kappa shape index (κ1) is 21.5. The minimum atomic E-state index is -0.319. The SMILES string of the molecule is CN1c2ccc(C(=O)NCc3ccc(F)cc3)cc2N=C(c2ccc(F)cc2)c2ccccc21. The van der Waals surface area contributed by atoms with Crippen molar-refractivity contribution < 1.29 is 13.6 Å². The van der Waals surface area contributed by atoms with Crippen LogP contribution in [0.25, 0.3) is 0 Å². The zero-order valence-corrected chi connectivity index (χ0v) is 18.4. The number of nitrogens with zero attached hydrogens (tertiary/aromatic N) is 2. The largest absolute Gasteiger partial charge is 0.348 e. The minimum Gasteiger partial charge on any atom is -0.348 e. The van der Waals surface area contributed by atoms with Crippen molar-refractivity contribution in [2.24, 2.45) is 4.99 Å². The Labute approximate surface area is 196 Å². The van der Waals surface area contributed by atoms with Crippen LogP contribution in [0.1, 0.15) is 27.0 Å². The second kappa shape index (κ2) is 8.90. The van der Waals surface area contributed by atoms with Gasteiger partial charge in [-0.05, 0) is 66.2 Å². The monoisotopic (exact) mass is 453 g/mol. The fraction of sp³-hybridized carbons (Fsp3) is 0.0714. The van der Waals surface area contributed by atoms with Crippen LogP contribution in [0, 0.1) is 11.6 Å². The van der Waals surface area contributed by atoms with Gasteiger partial charge in [0.15, 0.2) is 0 Å². The number of halogens is 2. The molecule has 4 aromatic carbocycles. The normalized spacial score (nSPS) is 12.3. The summed E-state index contributed by atoms with van der Waals surface area (Å²) in [5.41, 5.74) is 6.09. The van der Waals surface area contributed by atoms with Crippen LogP contribution >= 0.6 is 0 Å². The molecule has 0 aromatic heterocycles. The van der Waals surface area contributed by atoms with Gasteiger partial charge >= 0.3 is 0 Å². The molecule has 0 atom stereocenters. The summed E-state index contributed by atoms with van der Waals surface area (Å²) in [6, 6.07) is 25.5. The molecule has 5 rings (SSSR count). The summed E-state index contributed by atoms with van der Waals surface area (Å²) in [4.78, 5) is 19.8. The number of benzene rings is 4. The Morgan fingerprint density at radius 3 is 2.26 bits per heavy atom. The lowest BCUT2D eigenvalue weighted by atomic mass is 10.0. The van der Waals surface area contributed by atoms with E-state index in [1.807, 2.05) is 42.3 Å². The number of fused-ring (bicyclic) bond motifs is 2. The van der Waals surface area contributed by atoms with E-state index in [2.05, 4.69) is 5.32 Å². The van der Waals surface area contributed by atoms with Crippen molar-refractivity contribution in [2.45, 2.75) is 6.54 Å². The van der Waals surface area contributed by atoms with Gasteiger partial charge in [-0.3, -0.25) is 4.79 Å². The Morgan fingerprint density at radius 2 is 1.53 bits per heavy atom. The third kappa shape index (κ3) is 4.18. The maximum atomic E-state index is 13.6. The molecule has 0 radical (unpaired) electrons. The molecule has 4 nitrogen and oxygen atoms in total. The molecule has 0 bridgehead atoms. The molecule has 1 heterocycles. The van der Waals surface area contributed by atoms with Gasteiger partial charge < -0.3 is 10.2 Å². The number of amides is 1. The van der Waals surface area contributed by atoms with Gasteiger partial charge in [0, 0.05) is 30.3 Å². The zero-order chi connectivity index (χ0) is 23.7. The quantitative estimate of drug-likeness (QED) is 0.403. The van der Waals surface area contributed by atoms with Gasteiger partial charge in [-0.15, -0.1) is 0 Å². The predicted octanol–water partition coefficient (Wildman–Crippen LogP) is 6.15. The Balaban J connectivity index is 1.52. The third-order valence-corrected chi connectivity index (χ3v) is 5.84. The van der Waals surface area contributed by atoms with Crippen molar-refractivity contribution >= 4 is 28.7 Å². The van der Waals surface area contributed by atoms with E-state index in [1.54, 1.807) is 36.4 Å². The molecule has 0 spiro atoms. The van der Waals surface area contributed by atoms with E-state index in [1.165, 1.54) is 24.3 Å². The number of hydrogen-bond donors (Lipinski definition) is 1. The third-order valence-electron chi connectivity index (χ3n) is 5.84. The number of rotatable bonds is 4.